The van der Waals surface area contributed by atoms with Crippen LogP contribution in [-0.2, 0) is 16.6 Å². The zero-order valence-electron chi connectivity index (χ0n) is 13.6. The van der Waals surface area contributed by atoms with Gasteiger partial charge in [0.25, 0.3) is 5.91 Å². The second-order valence-corrected chi connectivity index (χ2v) is 8.54. The SMILES string of the molecule is C[C@@]1(C(=O)O)c2ccccc2C[C@H]1NC(=O)c1cc2sc(Cl)c(Cl)c2[nH]1. The minimum absolute atomic E-state index is 0.327. The van der Waals surface area contributed by atoms with Crippen molar-refractivity contribution in [3.05, 3.63) is 56.5 Å². The highest BCUT2D eigenvalue weighted by Crippen LogP contribution is 2.40. The summed E-state index contributed by atoms with van der Waals surface area (Å²) in [5.74, 6) is -1.33. The molecule has 3 aromatic rings. The number of hydrogen-bond donors (Lipinski definition) is 3. The molecule has 0 saturated heterocycles. The van der Waals surface area contributed by atoms with Crippen molar-refractivity contribution in [1.82, 2.24) is 10.3 Å². The lowest BCUT2D eigenvalue weighted by Gasteiger charge is -2.28. The van der Waals surface area contributed by atoms with Gasteiger partial charge in [0.1, 0.15) is 15.4 Å². The summed E-state index contributed by atoms with van der Waals surface area (Å²) in [7, 11) is 0. The standard InChI is InChI=1S/C18H14Cl2N2O3S/c1-18(17(24)25)9-5-3-2-4-8(9)6-12(18)22-16(23)10-7-11-14(21-10)13(19)15(20)26-11/h2-5,7,12,21H,6H2,1H3,(H,22,23)(H,24,25)/t12-,18-/m1/s1. The van der Waals surface area contributed by atoms with Gasteiger partial charge in [-0.15, -0.1) is 11.3 Å². The molecule has 1 aromatic carbocycles. The number of carbonyl (C=O) groups excluding carboxylic acids is 1. The molecule has 134 valence electrons. The van der Waals surface area contributed by atoms with Crippen molar-refractivity contribution in [3.63, 3.8) is 0 Å². The molecule has 0 fully saturated rings. The highest BCUT2D eigenvalue weighted by atomic mass is 35.5. The molecule has 1 amide bonds. The number of halogens is 2. The van der Waals surface area contributed by atoms with Gasteiger partial charge in [-0.3, -0.25) is 9.59 Å². The number of carboxylic acid groups (broad SMARTS) is 1. The van der Waals surface area contributed by atoms with Gasteiger partial charge >= 0.3 is 5.97 Å². The minimum Gasteiger partial charge on any atom is -0.481 e. The Morgan fingerprint density at radius 2 is 2.08 bits per heavy atom. The van der Waals surface area contributed by atoms with Crippen molar-refractivity contribution in [1.29, 1.82) is 0 Å². The number of aliphatic carboxylic acids is 1. The Balaban J connectivity index is 1.65. The van der Waals surface area contributed by atoms with E-state index in [9.17, 15) is 14.7 Å². The van der Waals surface area contributed by atoms with Crippen molar-refractivity contribution in [3.8, 4) is 0 Å². The van der Waals surface area contributed by atoms with Gasteiger partial charge in [0, 0.05) is 0 Å². The van der Waals surface area contributed by atoms with E-state index >= 15 is 0 Å². The molecular formula is C18H14Cl2N2O3S. The molecule has 0 unspecified atom stereocenters. The first kappa shape index (κ1) is 17.4. The van der Waals surface area contributed by atoms with Gasteiger partial charge in [0.2, 0.25) is 0 Å². The van der Waals surface area contributed by atoms with Crippen LogP contribution in [0.15, 0.2) is 30.3 Å². The Morgan fingerprint density at radius 1 is 1.35 bits per heavy atom. The van der Waals surface area contributed by atoms with Crippen molar-refractivity contribution < 1.29 is 14.7 Å². The molecule has 0 spiro atoms. The first-order chi connectivity index (χ1) is 12.3. The van der Waals surface area contributed by atoms with Crippen molar-refractivity contribution in [2.45, 2.75) is 24.8 Å². The first-order valence-electron chi connectivity index (χ1n) is 7.91. The highest BCUT2D eigenvalue weighted by molar-refractivity contribution is 7.23. The van der Waals surface area contributed by atoms with Crippen LogP contribution < -0.4 is 5.32 Å². The highest BCUT2D eigenvalue weighted by Gasteiger charge is 2.49. The summed E-state index contributed by atoms with van der Waals surface area (Å²) in [6, 6.07) is 8.51. The number of carbonyl (C=O) groups is 2. The molecule has 5 nitrogen and oxygen atoms in total. The molecule has 8 heteroatoms. The van der Waals surface area contributed by atoms with Crippen LogP contribution >= 0.6 is 34.5 Å². The fourth-order valence-corrected chi connectivity index (χ4v) is 5.03. The molecule has 0 aliphatic heterocycles. The van der Waals surface area contributed by atoms with Crippen LogP contribution in [0.3, 0.4) is 0 Å². The summed E-state index contributed by atoms with van der Waals surface area (Å²) >= 11 is 13.4. The summed E-state index contributed by atoms with van der Waals surface area (Å²) < 4.78 is 1.24. The summed E-state index contributed by atoms with van der Waals surface area (Å²) in [6.45, 7) is 1.65. The summed E-state index contributed by atoms with van der Waals surface area (Å²) in [6.07, 6.45) is 0.465. The summed E-state index contributed by atoms with van der Waals surface area (Å²) in [5, 5.41) is 13.1. The number of rotatable bonds is 3. The maximum absolute atomic E-state index is 12.7. The number of amides is 1. The number of aromatic amines is 1. The average Bonchev–Trinajstić information content (AvgIpc) is 3.22. The monoisotopic (exact) mass is 408 g/mol. The topological polar surface area (TPSA) is 82.2 Å². The van der Waals surface area contributed by atoms with Gasteiger partial charge in [0.05, 0.1) is 21.3 Å². The number of nitrogens with one attached hydrogen (secondary N) is 2. The van der Waals surface area contributed by atoms with E-state index in [0.29, 0.717) is 27.0 Å². The van der Waals surface area contributed by atoms with E-state index in [1.807, 2.05) is 24.3 Å². The van der Waals surface area contributed by atoms with Crippen molar-refractivity contribution in [2.24, 2.45) is 0 Å². The predicted molar refractivity (Wildman–Crippen MR) is 103 cm³/mol. The van der Waals surface area contributed by atoms with E-state index in [1.54, 1.807) is 13.0 Å². The number of H-pyrrole nitrogens is 1. The molecule has 0 bridgehead atoms. The average molecular weight is 409 g/mol. The molecule has 0 radical (unpaired) electrons. The number of aromatic nitrogens is 1. The van der Waals surface area contributed by atoms with E-state index < -0.39 is 17.4 Å². The number of hydrogen-bond acceptors (Lipinski definition) is 3. The Hall–Kier alpha value is -2.02. The number of carboxylic acids is 1. The maximum atomic E-state index is 12.7. The van der Waals surface area contributed by atoms with Crippen molar-refractivity contribution >= 4 is 56.6 Å². The van der Waals surface area contributed by atoms with E-state index in [1.165, 1.54) is 11.3 Å². The van der Waals surface area contributed by atoms with E-state index in [-0.39, 0.29) is 5.91 Å². The van der Waals surface area contributed by atoms with Crippen molar-refractivity contribution in [2.75, 3.05) is 0 Å². The molecule has 26 heavy (non-hydrogen) atoms. The number of benzene rings is 1. The molecule has 0 saturated carbocycles. The molecule has 3 N–H and O–H groups in total. The van der Waals surface area contributed by atoms with Crippen LogP contribution in [0, 0.1) is 0 Å². The summed E-state index contributed by atoms with van der Waals surface area (Å²) in [4.78, 5) is 27.7. The normalized spacial score (nSPS) is 21.7. The smallest absolute Gasteiger partial charge is 0.315 e. The Labute approximate surface area is 162 Å². The third kappa shape index (κ3) is 2.44. The zero-order chi connectivity index (χ0) is 18.6. The van der Waals surface area contributed by atoms with Gasteiger partial charge in [-0.2, -0.15) is 0 Å². The molecule has 1 aliphatic rings. The maximum Gasteiger partial charge on any atom is 0.315 e. The van der Waals surface area contributed by atoms with E-state index in [0.717, 1.165) is 15.8 Å². The predicted octanol–water partition coefficient (Wildman–Crippen LogP) is 4.23. The molecule has 2 atom stereocenters. The third-order valence-corrected chi connectivity index (χ3v) is 7.00. The molecule has 1 aliphatic carbocycles. The van der Waals surface area contributed by atoms with Crippen LogP contribution in [0.25, 0.3) is 10.2 Å². The lowest BCUT2D eigenvalue weighted by atomic mass is 9.80. The first-order valence-corrected chi connectivity index (χ1v) is 9.48. The van der Waals surface area contributed by atoms with Gasteiger partial charge < -0.3 is 15.4 Å². The van der Waals surface area contributed by atoms with Gasteiger partial charge in [0.15, 0.2) is 0 Å². The van der Waals surface area contributed by atoms with Gasteiger partial charge in [-0.1, -0.05) is 47.5 Å². The molecule has 2 aromatic heterocycles. The quantitative estimate of drug-likeness (QED) is 0.606. The second kappa shape index (κ2) is 6.01. The van der Waals surface area contributed by atoms with Gasteiger partial charge in [-0.05, 0) is 30.5 Å². The Kier molecular flexibility index (Phi) is 4.02. The third-order valence-electron chi connectivity index (χ3n) is 5.07. The largest absolute Gasteiger partial charge is 0.481 e. The number of thiophene rings is 1. The lowest BCUT2D eigenvalue weighted by molar-refractivity contribution is -0.143. The van der Waals surface area contributed by atoms with Crippen LogP contribution in [0.1, 0.15) is 28.5 Å². The minimum atomic E-state index is -1.18. The van der Waals surface area contributed by atoms with Crippen LogP contribution in [0.2, 0.25) is 9.36 Å². The van der Waals surface area contributed by atoms with E-state index in [2.05, 4.69) is 10.3 Å². The Morgan fingerprint density at radius 3 is 2.77 bits per heavy atom. The molecule has 2 heterocycles. The summed E-state index contributed by atoms with van der Waals surface area (Å²) in [5.41, 5.74) is 1.43. The fourth-order valence-electron chi connectivity index (χ4n) is 3.55. The fraction of sp³-hybridized carbons (Fsp3) is 0.222. The van der Waals surface area contributed by atoms with E-state index in [4.69, 9.17) is 23.2 Å². The molecule has 4 rings (SSSR count). The van der Waals surface area contributed by atoms with Gasteiger partial charge in [-0.25, -0.2) is 0 Å². The molecular weight excluding hydrogens is 395 g/mol. The zero-order valence-corrected chi connectivity index (χ0v) is 15.9. The van der Waals surface area contributed by atoms with Crippen LogP contribution in [0.4, 0.5) is 0 Å². The van der Waals surface area contributed by atoms with Crippen LogP contribution in [0.5, 0.6) is 0 Å². The van der Waals surface area contributed by atoms with Crippen LogP contribution in [-0.4, -0.2) is 28.0 Å². The second-order valence-electron chi connectivity index (χ2n) is 6.51. The lowest BCUT2D eigenvalue weighted by Crippen LogP contribution is -2.51. The Bertz CT molecular complexity index is 1060. The number of fused-ring (bicyclic) bond motifs is 2.